The van der Waals surface area contributed by atoms with E-state index in [1.165, 1.54) is 36.1 Å². The van der Waals surface area contributed by atoms with Crippen LogP contribution in [0.15, 0.2) is 18.2 Å². The van der Waals surface area contributed by atoms with Crippen molar-refractivity contribution >= 4 is 18.1 Å². The fraction of sp³-hybridized carbons (Fsp3) is 0.600. The van der Waals surface area contributed by atoms with Crippen LogP contribution in [-0.4, -0.2) is 37.7 Å². The van der Waals surface area contributed by atoms with E-state index in [0.29, 0.717) is 6.10 Å². The Kier molecular flexibility index (Phi) is 5.08. The second kappa shape index (κ2) is 6.60. The molecule has 2 aliphatic rings. The Bertz CT molecular complexity index is 419. The van der Waals surface area contributed by atoms with E-state index in [0.717, 1.165) is 26.2 Å². The number of hydrogen-bond donors (Lipinski definition) is 1. The molecular weight excluding hydrogens is 260 g/mol. The Balaban J connectivity index is 0.00000133. The number of fused-ring (bicyclic) bond motifs is 1. The zero-order valence-electron chi connectivity index (χ0n) is 11.5. The highest BCUT2D eigenvalue weighted by molar-refractivity contribution is 5.85. The number of nitrogens with one attached hydrogen (secondary N) is 1. The van der Waals surface area contributed by atoms with Crippen LogP contribution in [0.1, 0.15) is 24.0 Å². The standard InChI is InChI=1S/C15H22N2O.ClH/c1-17(11-14-6-3-9-18-14)10-13-5-2-4-12-7-8-16-15(12)13;/h2,4-5,14,16H,3,6-11H2,1H3;1H/t14-;/m1./s1. The molecule has 0 amide bonds. The van der Waals surface area contributed by atoms with Crippen molar-refractivity contribution < 1.29 is 4.74 Å². The lowest BCUT2D eigenvalue weighted by atomic mass is 10.1. The van der Waals surface area contributed by atoms with E-state index in [9.17, 15) is 0 Å². The van der Waals surface area contributed by atoms with E-state index >= 15 is 0 Å². The number of ether oxygens (including phenoxy) is 1. The van der Waals surface area contributed by atoms with Crippen LogP contribution in [-0.2, 0) is 17.7 Å². The molecule has 1 aromatic rings. The Morgan fingerprint density at radius 2 is 2.32 bits per heavy atom. The first-order valence-electron chi connectivity index (χ1n) is 6.98. The van der Waals surface area contributed by atoms with Crippen LogP contribution in [0.5, 0.6) is 0 Å². The molecule has 1 fully saturated rings. The topological polar surface area (TPSA) is 24.5 Å². The minimum atomic E-state index is 0. The minimum absolute atomic E-state index is 0. The number of halogens is 1. The molecule has 3 nitrogen and oxygen atoms in total. The van der Waals surface area contributed by atoms with Gasteiger partial charge in [-0.2, -0.15) is 0 Å². The van der Waals surface area contributed by atoms with Gasteiger partial charge in [0.2, 0.25) is 0 Å². The molecule has 0 spiro atoms. The fourth-order valence-electron chi connectivity index (χ4n) is 3.03. The Morgan fingerprint density at radius 1 is 1.42 bits per heavy atom. The van der Waals surface area contributed by atoms with Gasteiger partial charge in [-0.3, -0.25) is 4.90 Å². The molecule has 19 heavy (non-hydrogen) atoms. The summed E-state index contributed by atoms with van der Waals surface area (Å²) in [5, 5.41) is 3.51. The summed E-state index contributed by atoms with van der Waals surface area (Å²) in [4.78, 5) is 2.38. The maximum Gasteiger partial charge on any atom is 0.0702 e. The van der Waals surface area contributed by atoms with Gasteiger partial charge in [0, 0.05) is 31.9 Å². The van der Waals surface area contributed by atoms with Crippen LogP contribution < -0.4 is 5.32 Å². The van der Waals surface area contributed by atoms with Crippen LogP contribution in [0.3, 0.4) is 0 Å². The first kappa shape index (κ1) is 14.6. The lowest BCUT2D eigenvalue weighted by Crippen LogP contribution is -2.28. The Morgan fingerprint density at radius 3 is 3.11 bits per heavy atom. The van der Waals surface area contributed by atoms with Gasteiger partial charge < -0.3 is 10.1 Å². The summed E-state index contributed by atoms with van der Waals surface area (Å²) in [6.45, 7) is 4.09. The van der Waals surface area contributed by atoms with E-state index < -0.39 is 0 Å². The molecule has 0 aromatic heterocycles. The second-order valence-corrected chi connectivity index (χ2v) is 5.46. The molecule has 1 atom stereocenters. The molecule has 0 aliphatic carbocycles. The van der Waals surface area contributed by atoms with Gasteiger partial charge in [0.25, 0.3) is 0 Å². The van der Waals surface area contributed by atoms with Gasteiger partial charge in [-0.15, -0.1) is 12.4 Å². The van der Waals surface area contributed by atoms with Crippen LogP contribution >= 0.6 is 12.4 Å². The van der Waals surface area contributed by atoms with Crippen molar-refractivity contribution in [1.82, 2.24) is 4.90 Å². The highest BCUT2D eigenvalue weighted by Crippen LogP contribution is 2.27. The first-order chi connectivity index (χ1) is 8.83. The van der Waals surface area contributed by atoms with Gasteiger partial charge in [-0.05, 0) is 37.4 Å². The smallest absolute Gasteiger partial charge is 0.0702 e. The molecule has 0 radical (unpaired) electrons. The van der Waals surface area contributed by atoms with Gasteiger partial charge >= 0.3 is 0 Å². The fourth-order valence-corrected chi connectivity index (χ4v) is 3.03. The normalized spacial score (nSPS) is 21.1. The van der Waals surface area contributed by atoms with Gasteiger partial charge in [-0.1, -0.05) is 18.2 Å². The predicted octanol–water partition coefficient (Wildman–Crippen LogP) is 2.69. The first-order valence-corrected chi connectivity index (χ1v) is 6.98. The van der Waals surface area contributed by atoms with Gasteiger partial charge in [0.05, 0.1) is 6.10 Å². The zero-order chi connectivity index (χ0) is 12.4. The van der Waals surface area contributed by atoms with E-state index in [2.05, 4.69) is 35.5 Å². The lowest BCUT2D eigenvalue weighted by Gasteiger charge is -2.21. The molecule has 3 rings (SSSR count). The third-order valence-electron chi connectivity index (χ3n) is 3.91. The summed E-state index contributed by atoms with van der Waals surface area (Å²) >= 11 is 0. The summed E-state index contributed by atoms with van der Waals surface area (Å²) in [6.07, 6.45) is 4.05. The molecule has 0 bridgehead atoms. The summed E-state index contributed by atoms with van der Waals surface area (Å²) < 4.78 is 5.70. The van der Waals surface area contributed by atoms with Gasteiger partial charge in [0.1, 0.15) is 0 Å². The van der Waals surface area contributed by atoms with Crippen molar-refractivity contribution in [3.63, 3.8) is 0 Å². The van der Waals surface area contributed by atoms with Crippen LogP contribution in [0.2, 0.25) is 0 Å². The van der Waals surface area contributed by atoms with Crippen LogP contribution in [0, 0.1) is 0 Å². The largest absolute Gasteiger partial charge is 0.384 e. The average Bonchev–Trinajstić information content (AvgIpc) is 2.99. The highest BCUT2D eigenvalue weighted by atomic mass is 35.5. The molecule has 1 N–H and O–H groups in total. The molecule has 0 unspecified atom stereocenters. The number of likely N-dealkylation sites (N-methyl/N-ethyl adjacent to an activating group) is 1. The summed E-state index contributed by atoms with van der Waals surface area (Å²) in [5.74, 6) is 0. The van der Waals surface area contributed by atoms with Gasteiger partial charge in [-0.25, -0.2) is 0 Å². The molecule has 0 saturated carbocycles. The number of para-hydroxylation sites is 1. The molecule has 2 heterocycles. The molecular formula is C15H23ClN2O. The second-order valence-electron chi connectivity index (χ2n) is 5.46. The van der Waals surface area contributed by atoms with E-state index in [4.69, 9.17) is 4.74 Å². The third-order valence-corrected chi connectivity index (χ3v) is 3.91. The van der Waals surface area contributed by atoms with Crippen molar-refractivity contribution in [3.8, 4) is 0 Å². The minimum Gasteiger partial charge on any atom is -0.384 e. The van der Waals surface area contributed by atoms with Crippen molar-refractivity contribution in [3.05, 3.63) is 29.3 Å². The van der Waals surface area contributed by atoms with Crippen molar-refractivity contribution in [1.29, 1.82) is 0 Å². The maximum absolute atomic E-state index is 5.70. The summed E-state index contributed by atoms with van der Waals surface area (Å²) in [5.41, 5.74) is 4.26. The molecule has 2 aliphatic heterocycles. The Labute approximate surface area is 121 Å². The van der Waals surface area contributed by atoms with E-state index in [1.807, 2.05) is 0 Å². The van der Waals surface area contributed by atoms with Gasteiger partial charge in [0.15, 0.2) is 0 Å². The van der Waals surface area contributed by atoms with E-state index in [1.54, 1.807) is 0 Å². The van der Waals surface area contributed by atoms with Crippen molar-refractivity contribution in [2.24, 2.45) is 0 Å². The monoisotopic (exact) mass is 282 g/mol. The third kappa shape index (κ3) is 3.41. The lowest BCUT2D eigenvalue weighted by molar-refractivity contribution is 0.0794. The zero-order valence-corrected chi connectivity index (χ0v) is 12.3. The van der Waals surface area contributed by atoms with Crippen molar-refractivity contribution in [2.75, 3.05) is 32.1 Å². The van der Waals surface area contributed by atoms with Crippen molar-refractivity contribution in [2.45, 2.75) is 31.9 Å². The predicted molar refractivity (Wildman–Crippen MR) is 81.2 cm³/mol. The molecule has 1 aromatic carbocycles. The number of benzene rings is 1. The average molecular weight is 283 g/mol. The van der Waals surface area contributed by atoms with Crippen LogP contribution in [0.4, 0.5) is 5.69 Å². The van der Waals surface area contributed by atoms with E-state index in [-0.39, 0.29) is 12.4 Å². The Hall–Kier alpha value is -0.770. The maximum atomic E-state index is 5.70. The molecule has 4 heteroatoms. The molecule has 1 saturated heterocycles. The number of rotatable bonds is 4. The quantitative estimate of drug-likeness (QED) is 0.919. The molecule has 106 valence electrons. The SMILES string of the molecule is CN(Cc1cccc2c1NCC2)C[C@H]1CCCO1.Cl. The highest BCUT2D eigenvalue weighted by Gasteiger charge is 2.19. The number of nitrogens with zero attached hydrogens (tertiary/aromatic N) is 1. The van der Waals surface area contributed by atoms with Crippen LogP contribution in [0.25, 0.3) is 0 Å². The summed E-state index contributed by atoms with van der Waals surface area (Å²) in [7, 11) is 2.19. The number of hydrogen-bond acceptors (Lipinski definition) is 3. The number of anilines is 1. The summed E-state index contributed by atoms with van der Waals surface area (Å²) in [6, 6.07) is 6.66.